The van der Waals surface area contributed by atoms with Gasteiger partial charge in [0.1, 0.15) is 11.4 Å². The number of nitrogens with zero attached hydrogens (tertiary/aromatic N) is 1. The van der Waals surface area contributed by atoms with Crippen molar-refractivity contribution in [2.24, 2.45) is 0 Å². The molecule has 112 valence electrons. The molecule has 1 aromatic carbocycles. The van der Waals surface area contributed by atoms with Crippen LogP contribution >= 0.6 is 0 Å². The average Bonchev–Trinajstić information content (AvgIpc) is 2.36. The highest BCUT2D eigenvalue weighted by atomic mass is 16.5. The topological polar surface area (TPSA) is 24.5 Å². The van der Waals surface area contributed by atoms with Crippen molar-refractivity contribution in [2.45, 2.75) is 40.2 Å². The molecule has 1 heterocycles. The van der Waals surface area contributed by atoms with Crippen molar-refractivity contribution >= 4 is 0 Å². The quantitative estimate of drug-likeness (QED) is 0.915. The van der Waals surface area contributed by atoms with Crippen molar-refractivity contribution in [1.82, 2.24) is 10.2 Å². The lowest BCUT2D eigenvalue weighted by atomic mass is 10.0. The Morgan fingerprint density at radius 3 is 2.30 bits per heavy atom. The summed E-state index contributed by atoms with van der Waals surface area (Å²) in [6.07, 6.45) is 0. The van der Waals surface area contributed by atoms with E-state index < -0.39 is 0 Å². The minimum atomic E-state index is -0.163. The van der Waals surface area contributed by atoms with Crippen molar-refractivity contribution in [3.05, 3.63) is 28.8 Å². The molecule has 0 saturated carbocycles. The molecule has 0 bridgehead atoms. The molecule has 0 unspecified atom stereocenters. The van der Waals surface area contributed by atoms with Crippen LogP contribution in [0.4, 0.5) is 0 Å². The van der Waals surface area contributed by atoms with Crippen LogP contribution in [-0.2, 0) is 0 Å². The second kappa shape index (κ2) is 6.15. The molecule has 0 amide bonds. The molecule has 1 N–H and O–H groups in total. The zero-order valence-corrected chi connectivity index (χ0v) is 13.5. The first-order valence-corrected chi connectivity index (χ1v) is 7.57. The van der Waals surface area contributed by atoms with Gasteiger partial charge >= 0.3 is 0 Å². The standard InChI is InChI=1S/C17H28N2O/c1-13-10-15(3)16(11-14(13)2)20-17(4,5)12-19-8-6-18-7-9-19/h10-11,18H,6-9,12H2,1-5H3. The van der Waals surface area contributed by atoms with Crippen molar-refractivity contribution < 1.29 is 4.74 Å². The summed E-state index contributed by atoms with van der Waals surface area (Å²) >= 11 is 0. The third kappa shape index (κ3) is 3.97. The van der Waals surface area contributed by atoms with Gasteiger partial charge in [-0.25, -0.2) is 0 Å². The van der Waals surface area contributed by atoms with Crippen LogP contribution in [0, 0.1) is 20.8 Å². The van der Waals surface area contributed by atoms with E-state index in [4.69, 9.17) is 4.74 Å². The number of hydrogen-bond acceptors (Lipinski definition) is 3. The Balaban J connectivity index is 2.05. The number of piperazine rings is 1. The molecule has 0 aromatic heterocycles. The summed E-state index contributed by atoms with van der Waals surface area (Å²) in [5.41, 5.74) is 3.68. The molecular weight excluding hydrogens is 248 g/mol. The monoisotopic (exact) mass is 276 g/mol. The van der Waals surface area contributed by atoms with E-state index in [1.165, 1.54) is 16.7 Å². The van der Waals surface area contributed by atoms with Gasteiger partial charge in [-0.1, -0.05) is 6.07 Å². The van der Waals surface area contributed by atoms with E-state index in [1.807, 2.05) is 0 Å². The van der Waals surface area contributed by atoms with Gasteiger partial charge < -0.3 is 10.1 Å². The molecular formula is C17H28N2O. The number of hydrogen-bond donors (Lipinski definition) is 1. The fourth-order valence-electron chi connectivity index (χ4n) is 2.78. The van der Waals surface area contributed by atoms with Gasteiger partial charge in [0.15, 0.2) is 0 Å². The highest BCUT2D eigenvalue weighted by molar-refractivity contribution is 5.41. The van der Waals surface area contributed by atoms with Crippen LogP contribution in [0.25, 0.3) is 0 Å². The Kier molecular flexibility index (Phi) is 4.71. The summed E-state index contributed by atoms with van der Waals surface area (Å²) in [5.74, 6) is 1.02. The lowest BCUT2D eigenvalue weighted by Crippen LogP contribution is -2.50. The van der Waals surface area contributed by atoms with Crippen LogP contribution in [0.1, 0.15) is 30.5 Å². The zero-order chi connectivity index (χ0) is 14.8. The molecule has 1 aliphatic rings. The van der Waals surface area contributed by atoms with Gasteiger partial charge in [-0.05, 0) is 57.4 Å². The fraction of sp³-hybridized carbons (Fsp3) is 0.647. The molecule has 1 saturated heterocycles. The molecule has 0 atom stereocenters. The summed E-state index contributed by atoms with van der Waals surface area (Å²) in [6.45, 7) is 16.1. The Bertz CT molecular complexity index is 462. The Labute approximate surface area is 123 Å². The largest absolute Gasteiger partial charge is 0.486 e. The van der Waals surface area contributed by atoms with E-state index in [9.17, 15) is 0 Å². The first-order chi connectivity index (χ1) is 9.37. The number of rotatable bonds is 4. The van der Waals surface area contributed by atoms with Crippen molar-refractivity contribution in [2.75, 3.05) is 32.7 Å². The fourth-order valence-corrected chi connectivity index (χ4v) is 2.78. The average molecular weight is 276 g/mol. The van der Waals surface area contributed by atoms with Gasteiger partial charge in [-0.15, -0.1) is 0 Å². The van der Waals surface area contributed by atoms with Crippen LogP contribution in [0.2, 0.25) is 0 Å². The molecule has 3 nitrogen and oxygen atoms in total. The first kappa shape index (κ1) is 15.3. The minimum Gasteiger partial charge on any atom is -0.486 e. The van der Waals surface area contributed by atoms with E-state index in [1.54, 1.807) is 0 Å². The van der Waals surface area contributed by atoms with Crippen LogP contribution < -0.4 is 10.1 Å². The summed E-state index contributed by atoms with van der Waals surface area (Å²) < 4.78 is 6.31. The smallest absolute Gasteiger partial charge is 0.123 e. The summed E-state index contributed by atoms with van der Waals surface area (Å²) in [4.78, 5) is 2.48. The van der Waals surface area contributed by atoms with Crippen LogP contribution in [-0.4, -0.2) is 43.2 Å². The number of ether oxygens (including phenoxy) is 1. The lowest BCUT2D eigenvalue weighted by molar-refractivity contribution is 0.0541. The Hall–Kier alpha value is -1.06. The van der Waals surface area contributed by atoms with Gasteiger partial charge in [0, 0.05) is 32.7 Å². The molecule has 1 aromatic rings. The van der Waals surface area contributed by atoms with E-state index in [0.717, 1.165) is 38.5 Å². The molecule has 2 rings (SSSR count). The second-order valence-electron chi connectivity index (χ2n) is 6.59. The summed E-state index contributed by atoms with van der Waals surface area (Å²) in [5, 5.41) is 3.39. The SMILES string of the molecule is Cc1cc(C)c(OC(C)(C)CN2CCNCC2)cc1C. The first-order valence-electron chi connectivity index (χ1n) is 7.57. The number of benzene rings is 1. The molecule has 20 heavy (non-hydrogen) atoms. The van der Waals surface area contributed by atoms with E-state index in [0.29, 0.717) is 0 Å². The highest BCUT2D eigenvalue weighted by Gasteiger charge is 2.25. The number of aryl methyl sites for hydroxylation is 3. The van der Waals surface area contributed by atoms with Crippen molar-refractivity contribution in [3.63, 3.8) is 0 Å². The maximum atomic E-state index is 6.31. The molecule has 3 heteroatoms. The predicted molar refractivity (Wildman–Crippen MR) is 84.7 cm³/mol. The Morgan fingerprint density at radius 1 is 1.05 bits per heavy atom. The predicted octanol–water partition coefficient (Wildman–Crippen LogP) is 2.67. The summed E-state index contributed by atoms with van der Waals surface area (Å²) in [7, 11) is 0. The van der Waals surface area contributed by atoms with Crippen LogP contribution in [0.3, 0.4) is 0 Å². The van der Waals surface area contributed by atoms with Gasteiger partial charge in [0.2, 0.25) is 0 Å². The zero-order valence-electron chi connectivity index (χ0n) is 13.5. The third-order valence-corrected chi connectivity index (χ3v) is 3.99. The normalized spacial score (nSPS) is 17.2. The molecule has 1 fully saturated rings. The van der Waals surface area contributed by atoms with Crippen LogP contribution in [0.5, 0.6) is 5.75 Å². The minimum absolute atomic E-state index is 0.163. The van der Waals surface area contributed by atoms with Crippen molar-refractivity contribution in [3.8, 4) is 5.75 Å². The molecule has 0 radical (unpaired) electrons. The Morgan fingerprint density at radius 2 is 1.65 bits per heavy atom. The highest BCUT2D eigenvalue weighted by Crippen LogP contribution is 2.26. The lowest BCUT2D eigenvalue weighted by Gasteiger charge is -2.36. The molecule has 0 spiro atoms. The molecule has 1 aliphatic heterocycles. The third-order valence-electron chi connectivity index (χ3n) is 3.99. The maximum absolute atomic E-state index is 6.31. The maximum Gasteiger partial charge on any atom is 0.123 e. The second-order valence-corrected chi connectivity index (χ2v) is 6.59. The van der Waals surface area contributed by atoms with E-state index in [2.05, 4.69) is 57.0 Å². The van der Waals surface area contributed by atoms with Gasteiger partial charge in [0.25, 0.3) is 0 Å². The van der Waals surface area contributed by atoms with E-state index in [-0.39, 0.29) is 5.60 Å². The van der Waals surface area contributed by atoms with Crippen molar-refractivity contribution in [1.29, 1.82) is 0 Å². The summed E-state index contributed by atoms with van der Waals surface area (Å²) in [6, 6.07) is 4.38. The van der Waals surface area contributed by atoms with E-state index >= 15 is 0 Å². The van der Waals surface area contributed by atoms with Gasteiger partial charge in [-0.2, -0.15) is 0 Å². The number of nitrogens with one attached hydrogen (secondary N) is 1. The van der Waals surface area contributed by atoms with Gasteiger partial charge in [0.05, 0.1) is 0 Å². The van der Waals surface area contributed by atoms with Crippen LogP contribution in [0.15, 0.2) is 12.1 Å². The molecule has 0 aliphatic carbocycles. The van der Waals surface area contributed by atoms with Gasteiger partial charge in [-0.3, -0.25) is 4.90 Å².